The van der Waals surface area contributed by atoms with Crippen LogP contribution in [0.1, 0.15) is 17.3 Å². The fourth-order valence-electron chi connectivity index (χ4n) is 4.30. The topological polar surface area (TPSA) is 141 Å². The maximum Gasteiger partial charge on any atom is 0.327 e. The number of likely N-dealkylation sites (N-methyl/N-ethyl adjacent to an activating group) is 1. The molecule has 15 heteroatoms. The second-order valence-corrected chi connectivity index (χ2v) is 10.5. The SMILES string of the molecule is COc1cc(OC)c(Cl)c(NC(=O)N(C)c2cc(Nc3ccc(C(=O)N4CCN(C)CC4)cc3NC(C)=O)ncn2)c1Cl. The third kappa shape index (κ3) is 7.37. The van der Waals surface area contributed by atoms with Gasteiger partial charge in [0.1, 0.15) is 39.5 Å². The number of methoxy groups -OCH3 is 2. The monoisotopic (exact) mass is 630 g/mol. The first-order valence-electron chi connectivity index (χ1n) is 13.2. The maximum atomic E-state index is 13.2. The fraction of sp³-hybridized carbons (Fsp3) is 0.321. The summed E-state index contributed by atoms with van der Waals surface area (Å²) in [6, 6.07) is 7.45. The normalized spacial score (nSPS) is 13.2. The summed E-state index contributed by atoms with van der Waals surface area (Å²) in [6.45, 7) is 4.21. The van der Waals surface area contributed by atoms with Crippen LogP contribution in [0.25, 0.3) is 0 Å². The third-order valence-corrected chi connectivity index (χ3v) is 7.49. The second-order valence-electron chi connectivity index (χ2n) is 9.70. The summed E-state index contributed by atoms with van der Waals surface area (Å²) in [7, 11) is 6.38. The summed E-state index contributed by atoms with van der Waals surface area (Å²) >= 11 is 12.8. The molecule has 228 valence electrons. The van der Waals surface area contributed by atoms with Crippen molar-refractivity contribution in [2.75, 3.05) is 75.3 Å². The number of halogens is 2. The van der Waals surface area contributed by atoms with E-state index in [1.54, 1.807) is 23.1 Å². The van der Waals surface area contributed by atoms with Crippen LogP contribution in [0.15, 0.2) is 36.7 Å². The van der Waals surface area contributed by atoms with Gasteiger partial charge in [-0.25, -0.2) is 14.8 Å². The molecule has 0 saturated carbocycles. The largest absolute Gasteiger partial charge is 0.495 e. The minimum Gasteiger partial charge on any atom is -0.495 e. The molecule has 0 aliphatic carbocycles. The van der Waals surface area contributed by atoms with E-state index in [1.165, 1.54) is 51.6 Å². The van der Waals surface area contributed by atoms with Gasteiger partial charge in [-0.2, -0.15) is 0 Å². The molecular weight excluding hydrogens is 599 g/mol. The second kappa shape index (κ2) is 13.8. The van der Waals surface area contributed by atoms with Crippen LogP contribution in [0, 0.1) is 0 Å². The first-order chi connectivity index (χ1) is 20.5. The number of hydrogen-bond donors (Lipinski definition) is 3. The van der Waals surface area contributed by atoms with Gasteiger partial charge >= 0.3 is 6.03 Å². The molecule has 0 bridgehead atoms. The Kier molecular flexibility index (Phi) is 10.1. The van der Waals surface area contributed by atoms with Crippen LogP contribution in [0.2, 0.25) is 10.0 Å². The fourth-order valence-corrected chi connectivity index (χ4v) is 4.89. The molecule has 1 aliphatic rings. The molecule has 2 heterocycles. The molecule has 43 heavy (non-hydrogen) atoms. The van der Waals surface area contributed by atoms with Gasteiger partial charge in [-0.15, -0.1) is 0 Å². The van der Waals surface area contributed by atoms with Crippen LogP contribution < -0.4 is 30.3 Å². The van der Waals surface area contributed by atoms with Crippen molar-refractivity contribution in [3.05, 3.63) is 52.3 Å². The van der Waals surface area contributed by atoms with Crippen LogP contribution in [0.5, 0.6) is 11.5 Å². The van der Waals surface area contributed by atoms with Crippen molar-refractivity contribution in [2.24, 2.45) is 0 Å². The number of aromatic nitrogens is 2. The summed E-state index contributed by atoms with van der Waals surface area (Å²) in [6.07, 6.45) is 1.28. The molecule has 0 atom stereocenters. The molecule has 0 spiro atoms. The molecule has 1 fully saturated rings. The minimum absolute atomic E-state index is 0.0974. The van der Waals surface area contributed by atoms with E-state index in [4.69, 9.17) is 32.7 Å². The zero-order valence-electron chi connectivity index (χ0n) is 24.3. The van der Waals surface area contributed by atoms with Gasteiger partial charge in [0.15, 0.2) is 0 Å². The van der Waals surface area contributed by atoms with Gasteiger partial charge in [-0.3, -0.25) is 14.5 Å². The predicted octanol–water partition coefficient (Wildman–Crippen LogP) is 4.56. The van der Waals surface area contributed by atoms with Crippen molar-refractivity contribution in [2.45, 2.75) is 6.92 Å². The lowest BCUT2D eigenvalue weighted by Gasteiger charge is -2.32. The van der Waals surface area contributed by atoms with Crippen LogP contribution in [-0.4, -0.2) is 92.1 Å². The summed E-state index contributed by atoms with van der Waals surface area (Å²) in [5.41, 5.74) is 1.44. The maximum absolute atomic E-state index is 13.2. The summed E-state index contributed by atoms with van der Waals surface area (Å²) in [4.78, 5) is 51.9. The molecule has 0 radical (unpaired) electrons. The van der Waals surface area contributed by atoms with E-state index in [2.05, 4.69) is 30.8 Å². The van der Waals surface area contributed by atoms with Crippen molar-refractivity contribution in [1.82, 2.24) is 19.8 Å². The number of hydrogen-bond acceptors (Lipinski definition) is 9. The van der Waals surface area contributed by atoms with E-state index in [-0.39, 0.29) is 44.9 Å². The Morgan fingerprint density at radius 2 is 1.56 bits per heavy atom. The van der Waals surface area contributed by atoms with E-state index in [1.807, 2.05) is 7.05 Å². The van der Waals surface area contributed by atoms with Gasteiger partial charge < -0.3 is 35.2 Å². The highest BCUT2D eigenvalue weighted by Gasteiger charge is 2.23. The Balaban J connectivity index is 1.54. The highest BCUT2D eigenvalue weighted by Crippen LogP contribution is 2.44. The van der Waals surface area contributed by atoms with E-state index in [0.29, 0.717) is 35.8 Å². The molecule has 3 N–H and O–H groups in total. The van der Waals surface area contributed by atoms with E-state index in [0.717, 1.165) is 13.1 Å². The van der Waals surface area contributed by atoms with Crippen LogP contribution >= 0.6 is 23.2 Å². The lowest BCUT2D eigenvalue weighted by atomic mass is 10.1. The highest BCUT2D eigenvalue weighted by molar-refractivity contribution is 6.41. The molecule has 13 nitrogen and oxygen atoms in total. The number of amides is 4. The zero-order chi connectivity index (χ0) is 31.3. The van der Waals surface area contributed by atoms with Crippen LogP contribution in [-0.2, 0) is 4.79 Å². The van der Waals surface area contributed by atoms with E-state index in [9.17, 15) is 14.4 Å². The molecule has 2 aromatic carbocycles. The number of rotatable bonds is 8. The average molecular weight is 632 g/mol. The van der Waals surface area contributed by atoms with Gasteiger partial charge in [0.2, 0.25) is 5.91 Å². The first kappa shape index (κ1) is 31.6. The minimum atomic E-state index is -0.602. The summed E-state index contributed by atoms with van der Waals surface area (Å²) < 4.78 is 10.5. The third-order valence-electron chi connectivity index (χ3n) is 6.74. The standard InChI is InChI=1S/C28H32Cl2N8O5/c1-16(39)33-19-12-17(27(40)38-10-8-36(2)9-11-38)6-7-18(19)34-22-14-23(32-15-31-22)37(3)28(41)35-26-24(29)20(42-4)13-21(43-5)25(26)30/h6-7,12-15H,8-11H2,1-5H3,(H,33,39)(H,35,41)(H,31,32,34). The molecular formula is C28H32Cl2N8O5. The molecule has 4 amide bonds. The van der Waals surface area contributed by atoms with Crippen molar-refractivity contribution in [3.63, 3.8) is 0 Å². The zero-order valence-corrected chi connectivity index (χ0v) is 25.8. The number of carbonyl (C=O) groups is 3. The van der Waals surface area contributed by atoms with Gasteiger partial charge in [0.25, 0.3) is 5.91 Å². The average Bonchev–Trinajstić information content (AvgIpc) is 2.99. The molecule has 1 saturated heterocycles. The smallest absolute Gasteiger partial charge is 0.327 e. The lowest BCUT2D eigenvalue weighted by Crippen LogP contribution is -2.47. The highest BCUT2D eigenvalue weighted by atomic mass is 35.5. The number of benzene rings is 2. The summed E-state index contributed by atoms with van der Waals surface area (Å²) in [5.74, 6) is 0.672. The quantitative estimate of drug-likeness (QED) is 0.326. The Labute approximate surface area is 259 Å². The van der Waals surface area contributed by atoms with Crippen molar-refractivity contribution < 1.29 is 23.9 Å². The Morgan fingerprint density at radius 3 is 2.16 bits per heavy atom. The predicted molar refractivity (Wildman–Crippen MR) is 166 cm³/mol. The molecule has 4 rings (SSSR count). The molecule has 1 aromatic heterocycles. The van der Waals surface area contributed by atoms with E-state index < -0.39 is 6.03 Å². The number of urea groups is 1. The number of ether oxygens (including phenoxy) is 2. The Morgan fingerprint density at radius 1 is 0.907 bits per heavy atom. The van der Waals surface area contributed by atoms with Gasteiger partial charge in [-0.1, -0.05) is 23.2 Å². The van der Waals surface area contributed by atoms with Crippen molar-refractivity contribution in [3.8, 4) is 11.5 Å². The van der Waals surface area contributed by atoms with Crippen LogP contribution in [0.4, 0.5) is 33.5 Å². The Bertz CT molecular complexity index is 1500. The summed E-state index contributed by atoms with van der Waals surface area (Å²) in [5, 5.41) is 8.76. The van der Waals surface area contributed by atoms with Crippen molar-refractivity contribution >= 4 is 69.7 Å². The van der Waals surface area contributed by atoms with E-state index >= 15 is 0 Å². The van der Waals surface area contributed by atoms with Gasteiger partial charge in [0, 0.05) is 57.8 Å². The molecule has 0 unspecified atom stereocenters. The molecule has 1 aliphatic heterocycles. The molecule has 3 aromatic rings. The van der Waals surface area contributed by atoms with Crippen LogP contribution in [0.3, 0.4) is 0 Å². The number of nitrogens with one attached hydrogen (secondary N) is 3. The number of piperazine rings is 1. The van der Waals surface area contributed by atoms with Gasteiger partial charge in [0.05, 0.1) is 31.3 Å². The Hall–Kier alpha value is -4.33. The van der Waals surface area contributed by atoms with Gasteiger partial charge in [-0.05, 0) is 25.2 Å². The lowest BCUT2D eigenvalue weighted by molar-refractivity contribution is -0.114. The van der Waals surface area contributed by atoms with Crippen molar-refractivity contribution in [1.29, 1.82) is 0 Å². The number of carbonyl (C=O) groups excluding carboxylic acids is 3. The first-order valence-corrected chi connectivity index (χ1v) is 13.9. The number of nitrogens with zero attached hydrogens (tertiary/aromatic N) is 5. The number of anilines is 5.